The van der Waals surface area contributed by atoms with Gasteiger partial charge in [0.05, 0.1) is 18.2 Å². The first-order valence-corrected chi connectivity index (χ1v) is 7.90. The van der Waals surface area contributed by atoms with Crippen LogP contribution < -0.4 is 0 Å². The summed E-state index contributed by atoms with van der Waals surface area (Å²) in [6, 6.07) is 7.47. The standard InChI is InChI=1S/C17H21N3O3/c1-22-14-6-4-7-15(9-14)23-17(21)16-8-3-2-5-13(16)10-20-12-18-11-19-20/h2-3,5,8,11-12,14-15H,4,6-7,9-10H2,1H3. The average molecular weight is 315 g/mol. The zero-order valence-electron chi connectivity index (χ0n) is 13.2. The van der Waals surface area contributed by atoms with Crippen LogP contribution in [0.4, 0.5) is 0 Å². The molecule has 0 bridgehead atoms. The molecule has 0 aliphatic heterocycles. The van der Waals surface area contributed by atoms with Crippen LogP contribution in [0, 0.1) is 0 Å². The lowest BCUT2D eigenvalue weighted by atomic mass is 9.95. The summed E-state index contributed by atoms with van der Waals surface area (Å²) in [5.74, 6) is -0.275. The van der Waals surface area contributed by atoms with E-state index in [1.807, 2.05) is 18.2 Å². The molecule has 1 aliphatic carbocycles. The first-order chi connectivity index (χ1) is 11.3. The maximum absolute atomic E-state index is 12.5. The van der Waals surface area contributed by atoms with Crippen molar-refractivity contribution in [3.8, 4) is 0 Å². The Morgan fingerprint density at radius 1 is 1.30 bits per heavy atom. The van der Waals surface area contributed by atoms with Crippen molar-refractivity contribution in [1.82, 2.24) is 14.8 Å². The molecule has 0 saturated heterocycles. The van der Waals surface area contributed by atoms with Crippen LogP contribution in [0.1, 0.15) is 41.6 Å². The molecule has 1 fully saturated rings. The van der Waals surface area contributed by atoms with Gasteiger partial charge in [0.2, 0.25) is 0 Å². The summed E-state index contributed by atoms with van der Waals surface area (Å²) in [7, 11) is 1.71. The third kappa shape index (κ3) is 3.96. The van der Waals surface area contributed by atoms with Crippen LogP contribution in [-0.2, 0) is 16.0 Å². The largest absolute Gasteiger partial charge is 0.459 e. The predicted octanol–water partition coefficient (Wildman–Crippen LogP) is 2.44. The van der Waals surface area contributed by atoms with E-state index in [9.17, 15) is 4.79 Å². The molecule has 1 aromatic heterocycles. The lowest BCUT2D eigenvalue weighted by Gasteiger charge is -2.28. The smallest absolute Gasteiger partial charge is 0.338 e. The minimum atomic E-state index is -0.275. The molecule has 6 nitrogen and oxygen atoms in total. The fourth-order valence-electron chi connectivity index (χ4n) is 2.98. The van der Waals surface area contributed by atoms with Gasteiger partial charge in [-0.15, -0.1) is 0 Å². The number of hydrogen-bond acceptors (Lipinski definition) is 5. The number of rotatable bonds is 5. The zero-order chi connectivity index (χ0) is 16.1. The van der Waals surface area contributed by atoms with Gasteiger partial charge in [-0.05, 0) is 30.9 Å². The Labute approximate surface area is 135 Å². The fraction of sp³-hybridized carbons (Fsp3) is 0.471. The van der Waals surface area contributed by atoms with Crippen molar-refractivity contribution in [3.05, 3.63) is 48.0 Å². The van der Waals surface area contributed by atoms with Crippen LogP contribution in [0.15, 0.2) is 36.9 Å². The predicted molar refractivity (Wildman–Crippen MR) is 84.0 cm³/mol. The summed E-state index contributed by atoms with van der Waals surface area (Å²) < 4.78 is 12.8. The molecule has 23 heavy (non-hydrogen) atoms. The van der Waals surface area contributed by atoms with E-state index in [1.54, 1.807) is 24.2 Å². The van der Waals surface area contributed by atoms with Crippen LogP contribution in [0.25, 0.3) is 0 Å². The molecule has 1 aliphatic rings. The van der Waals surface area contributed by atoms with Gasteiger partial charge >= 0.3 is 5.97 Å². The average Bonchev–Trinajstić information content (AvgIpc) is 3.08. The Balaban J connectivity index is 1.69. The summed E-state index contributed by atoms with van der Waals surface area (Å²) in [5, 5.41) is 4.09. The number of ether oxygens (including phenoxy) is 2. The number of methoxy groups -OCH3 is 1. The SMILES string of the molecule is COC1CCCC(OC(=O)c2ccccc2Cn2cncn2)C1. The summed E-state index contributed by atoms with van der Waals surface area (Å²) in [5.41, 5.74) is 1.46. The minimum absolute atomic E-state index is 0.0689. The van der Waals surface area contributed by atoms with E-state index in [2.05, 4.69) is 10.1 Å². The Bertz CT molecular complexity index is 642. The molecule has 0 spiro atoms. The van der Waals surface area contributed by atoms with Crippen LogP contribution in [0.2, 0.25) is 0 Å². The molecule has 2 unspecified atom stereocenters. The molecule has 122 valence electrons. The van der Waals surface area contributed by atoms with Gasteiger partial charge in [-0.2, -0.15) is 5.10 Å². The summed E-state index contributed by atoms with van der Waals surface area (Å²) in [6.07, 6.45) is 6.96. The van der Waals surface area contributed by atoms with Gasteiger partial charge in [0.15, 0.2) is 0 Å². The van der Waals surface area contributed by atoms with Gasteiger partial charge < -0.3 is 9.47 Å². The molecule has 1 saturated carbocycles. The summed E-state index contributed by atoms with van der Waals surface area (Å²) >= 11 is 0. The van der Waals surface area contributed by atoms with Crippen LogP contribution >= 0.6 is 0 Å². The van der Waals surface area contributed by atoms with Crippen molar-refractivity contribution in [2.45, 2.75) is 44.4 Å². The van der Waals surface area contributed by atoms with Gasteiger partial charge in [-0.25, -0.2) is 14.5 Å². The third-order valence-electron chi connectivity index (χ3n) is 4.22. The lowest BCUT2D eigenvalue weighted by Crippen LogP contribution is -2.29. The van der Waals surface area contributed by atoms with Crippen molar-refractivity contribution in [2.75, 3.05) is 7.11 Å². The molecule has 3 rings (SSSR count). The number of aromatic nitrogens is 3. The number of carbonyl (C=O) groups excluding carboxylic acids is 1. The van der Waals surface area contributed by atoms with Gasteiger partial charge in [0.25, 0.3) is 0 Å². The summed E-state index contributed by atoms with van der Waals surface area (Å²) in [4.78, 5) is 16.5. The third-order valence-corrected chi connectivity index (χ3v) is 4.22. The molecule has 0 radical (unpaired) electrons. The Hall–Kier alpha value is -2.21. The quantitative estimate of drug-likeness (QED) is 0.793. The van der Waals surface area contributed by atoms with E-state index in [1.165, 1.54) is 6.33 Å². The zero-order valence-corrected chi connectivity index (χ0v) is 13.2. The van der Waals surface area contributed by atoms with E-state index in [-0.39, 0.29) is 18.2 Å². The molecule has 6 heteroatoms. The second-order valence-corrected chi connectivity index (χ2v) is 5.80. The first-order valence-electron chi connectivity index (χ1n) is 7.90. The van der Waals surface area contributed by atoms with Crippen LogP contribution in [-0.4, -0.2) is 40.1 Å². The van der Waals surface area contributed by atoms with Crippen molar-refractivity contribution in [1.29, 1.82) is 0 Å². The number of esters is 1. The minimum Gasteiger partial charge on any atom is -0.459 e. The Morgan fingerprint density at radius 3 is 2.91 bits per heavy atom. The van der Waals surface area contributed by atoms with Crippen LogP contribution in [0.3, 0.4) is 0 Å². The Morgan fingerprint density at radius 2 is 2.13 bits per heavy atom. The van der Waals surface area contributed by atoms with E-state index >= 15 is 0 Å². The fourth-order valence-corrected chi connectivity index (χ4v) is 2.98. The van der Waals surface area contributed by atoms with Crippen molar-refractivity contribution in [2.24, 2.45) is 0 Å². The molecule has 2 atom stereocenters. The lowest BCUT2D eigenvalue weighted by molar-refractivity contribution is -0.0150. The second-order valence-electron chi connectivity index (χ2n) is 5.80. The summed E-state index contributed by atoms with van der Waals surface area (Å²) in [6.45, 7) is 0.497. The number of carbonyl (C=O) groups is 1. The van der Waals surface area contributed by atoms with Gasteiger partial charge in [-0.3, -0.25) is 0 Å². The number of nitrogens with zero attached hydrogens (tertiary/aromatic N) is 3. The second kappa shape index (κ2) is 7.37. The number of benzene rings is 1. The molecule has 0 N–H and O–H groups in total. The topological polar surface area (TPSA) is 66.2 Å². The van der Waals surface area contributed by atoms with Crippen LogP contribution in [0.5, 0.6) is 0 Å². The highest BCUT2D eigenvalue weighted by Gasteiger charge is 2.25. The molecule has 1 heterocycles. The van der Waals surface area contributed by atoms with E-state index < -0.39 is 0 Å². The first kappa shape index (κ1) is 15.7. The maximum atomic E-state index is 12.5. The monoisotopic (exact) mass is 315 g/mol. The van der Waals surface area contributed by atoms with Crippen molar-refractivity contribution in [3.63, 3.8) is 0 Å². The molecular weight excluding hydrogens is 294 g/mol. The van der Waals surface area contributed by atoms with E-state index in [0.29, 0.717) is 12.1 Å². The molecule has 0 amide bonds. The van der Waals surface area contributed by atoms with Crippen molar-refractivity contribution >= 4 is 5.97 Å². The van der Waals surface area contributed by atoms with Crippen molar-refractivity contribution < 1.29 is 14.3 Å². The molecule has 2 aromatic rings. The highest BCUT2D eigenvalue weighted by molar-refractivity contribution is 5.91. The van der Waals surface area contributed by atoms with Gasteiger partial charge in [0, 0.05) is 13.5 Å². The normalized spacial score (nSPS) is 21.1. The maximum Gasteiger partial charge on any atom is 0.338 e. The highest BCUT2D eigenvalue weighted by atomic mass is 16.5. The highest BCUT2D eigenvalue weighted by Crippen LogP contribution is 2.24. The molecule has 1 aromatic carbocycles. The van der Waals surface area contributed by atoms with E-state index in [4.69, 9.17) is 9.47 Å². The Kier molecular flexibility index (Phi) is 5.02. The van der Waals surface area contributed by atoms with Gasteiger partial charge in [0.1, 0.15) is 18.8 Å². The molecular formula is C17H21N3O3. The van der Waals surface area contributed by atoms with E-state index in [0.717, 1.165) is 31.2 Å². The number of hydrogen-bond donors (Lipinski definition) is 0. The van der Waals surface area contributed by atoms with Gasteiger partial charge in [-0.1, -0.05) is 18.2 Å².